The molecule has 22 heteroatoms. The highest BCUT2D eigenvalue weighted by atomic mass is 79.9. The first-order chi connectivity index (χ1) is 50.7. The zero-order valence-corrected chi connectivity index (χ0v) is 67.8. The second kappa shape index (κ2) is 40.3. The second-order valence-corrected chi connectivity index (χ2v) is 35.5. The number of halogens is 4. The fourth-order valence-electron chi connectivity index (χ4n) is 10.4. The molecule has 0 bridgehead atoms. The summed E-state index contributed by atoms with van der Waals surface area (Å²) < 4.78 is 112. The summed E-state index contributed by atoms with van der Waals surface area (Å²) in [5, 5.41) is 13.9. The molecule has 2 heterocycles. The summed E-state index contributed by atoms with van der Waals surface area (Å²) in [6, 6.07) is 82.2. The highest BCUT2D eigenvalue weighted by molar-refractivity contribution is 9.10. The van der Waals surface area contributed by atoms with Crippen LogP contribution in [0.5, 0.6) is 0 Å². The van der Waals surface area contributed by atoms with Crippen LogP contribution in [0.1, 0.15) is 74.2 Å². The molecule has 0 saturated heterocycles. The number of aryl methyl sites for hydroxylation is 4. The van der Waals surface area contributed by atoms with Crippen LogP contribution in [0.2, 0.25) is 10.0 Å². The van der Waals surface area contributed by atoms with Crippen molar-refractivity contribution in [3.05, 3.63) is 396 Å². The van der Waals surface area contributed by atoms with Gasteiger partial charge in [0, 0.05) is 19.0 Å². The van der Waals surface area contributed by atoms with E-state index < -0.39 is 40.1 Å². The molecular formula is C85H80Br2Cl2N4O8S6. The van der Waals surface area contributed by atoms with Gasteiger partial charge in [0.05, 0.1) is 70.6 Å². The molecule has 2 aromatic heterocycles. The molecule has 12 aromatic rings. The number of thiophene rings is 2. The lowest BCUT2D eigenvalue weighted by Gasteiger charge is -2.23. The van der Waals surface area contributed by atoms with Crippen LogP contribution < -0.4 is 17.2 Å². The zero-order chi connectivity index (χ0) is 75.7. The first kappa shape index (κ1) is 83.7. The van der Waals surface area contributed by atoms with Crippen LogP contribution in [0.15, 0.2) is 319 Å². The van der Waals surface area contributed by atoms with Gasteiger partial charge in [-0.3, -0.25) is 17.2 Å². The predicted octanol–water partition coefficient (Wildman–Crippen LogP) is 23.6. The molecule has 12 nitrogen and oxygen atoms in total. The summed E-state index contributed by atoms with van der Waals surface area (Å²) in [5.74, 6) is 0. The summed E-state index contributed by atoms with van der Waals surface area (Å²) >= 11 is 21.9. The normalized spacial score (nSPS) is 11.6. The minimum atomic E-state index is -3.69. The Bertz CT molecular complexity index is 5140. The van der Waals surface area contributed by atoms with E-state index in [2.05, 4.69) is 31.9 Å². The summed E-state index contributed by atoms with van der Waals surface area (Å²) in [5.41, 5.74) is 13.5. The molecule has 0 unspecified atom stereocenters. The van der Waals surface area contributed by atoms with Gasteiger partial charge in [-0.25, -0.2) is 33.7 Å². The number of rotatable bonds is 24. The number of sulfonamides is 4. The van der Waals surface area contributed by atoms with E-state index in [1.54, 1.807) is 89.4 Å². The van der Waals surface area contributed by atoms with E-state index in [1.165, 1.54) is 38.9 Å². The molecule has 0 radical (unpaired) electrons. The van der Waals surface area contributed by atoms with Gasteiger partial charge in [-0.1, -0.05) is 220 Å². The Kier molecular flexibility index (Phi) is 31.6. The monoisotopic (exact) mass is 1700 g/mol. The second-order valence-electron chi connectivity index (χ2n) is 24.2. The summed E-state index contributed by atoms with van der Waals surface area (Å²) in [7, 11) is -14.7. The van der Waals surface area contributed by atoms with Crippen molar-refractivity contribution in [2.24, 2.45) is 0 Å². The van der Waals surface area contributed by atoms with Gasteiger partial charge in [0.2, 0.25) is 0 Å². The maximum Gasteiger partial charge on any atom is 0.257 e. The lowest BCUT2D eigenvalue weighted by molar-refractivity contribution is 0.597. The minimum absolute atomic E-state index is 0. The van der Waals surface area contributed by atoms with Crippen LogP contribution in [-0.4, -0.2) is 33.7 Å². The Morgan fingerprint density at radius 1 is 0.308 bits per heavy atom. The predicted molar refractivity (Wildman–Crippen MR) is 461 cm³/mol. The van der Waals surface area contributed by atoms with Crippen molar-refractivity contribution >= 4 is 165 Å². The maximum atomic E-state index is 13.1. The lowest BCUT2D eigenvalue weighted by atomic mass is 10.2. The van der Waals surface area contributed by atoms with Crippen molar-refractivity contribution < 1.29 is 33.7 Å². The van der Waals surface area contributed by atoms with E-state index in [0.29, 0.717) is 39.3 Å². The number of benzene rings is 10. The fourth-order valence-corrected chi connectivity index (χ4v) is 17.8. The molecule has 0 N–H and O–H groups in total. The van der Waals surface area contributed by atoms with E-state index in [4.69, 9.17) is 23.2 Å². The first-order valence-corrected chi connectivity index (χ1v) is 43.2. The van der Waals surface area contributed by atoms with Crippen LogP contribution in [0.25, 0.3) is 24.3 Å². The number of nitrogens with zero attached hydrogens (tertiary/aromatic N) is 4. The van der Waals surface area contributed by atoms with Crippen molar-refractivity contribution in [1.82, 2.24) is 0 Å². The molecule has 0 amide bonds. The van der Waals surface area contributed by atoms with E-state index >= 15 is 0 Å². The topological polar surface area (TPSA) is 150 Å². The van der Waals surface area contributed by atoms with Crippen molar-refractivity contribution in [2.45, 2.75) is 61.3 Å². The molecule has 10 aromatic carbocycles. The Labute approximate surface area is 666 Å². The third-order valence-corrected chi connectivity index (χ3v) is 24.3. The van der Waals surface area contributed by atoms with E-state index in [-0.39, 0.29) is 27.1 Å². The van der Waals surface area contributed by atoms with Gasteiger partial charge in [0.15, 0.2) is 0 Å². The highest BCUT2D eigenvalue weighted by Gasteiger charge is 2.25. The first-order valence-electron chi connectivity index (χ1n) is 33.0. The smallest absolute Gasteiger partial charge is 0.257 e. The van der Waals surface area contributed by atoms with Crippen LogP contribution in [-0.2, 0) is 66.3 Å². The van der Waals surface area contributed by atoms with Crippen molar-refractivity contribution in [2.75, 3.05) is 17.2 Å². The average molecular weight is 1710 g/mol. The molecule has 0 aliphatic rings. The van der Waals surface area contributed by atoms with Crippen LogP contribution >= 0.6 is 77.7 Å². The standard InChI is InChI=1S/C22H20BrNO2S.C22H20ClNO2S.C20H18BrNO2S2.C20H18ClNO2S2.CH4/c2*1-18-7-5-12-22(15-18)24(17-20-8-3-2-4-9-20)27(25,26)14-13-19-10-6-11-21(23)16-19;2*1-16-4-2-7-20(12-16)22(14-18-8-10-25-15-18)26(23,24)11-9-17-5-3-6-19(21)13-17;/h2*2-16H,17H2,1H3;2*2-13,15H,14H2,1H3;1H4/b2*14-13+;2*11-9+;. The molecule has 0 atom stereocenters. The lowest BCUT2D eigenvalue weighted by Crippen LogP contribution is -2.28. The third kappa shape index (κ3) is 26.8. The van der Waals surface area contributed by atoms with Crippen molar-refractivity contribution in [1.29, 1.82) is 0 Å². The molecule has 12 rings (SSSR count). The summed E-state index contributed by atoms with van der Waals surface area (Å²) in [6.45, 7) is 8.92. The van der Waals surface area contributed by atoms with Gasteiger partial charge >= 0.3 is 0 Å². The molecule has 0 aliphatic carbocycles. The SMILES string of the molecule is C.Cc1cccc(N(Cc2ccccc2)S(=O)(=O)/C=C/c2cccc(Br)c2)c1.Cc1cccc(N(Cc2ccccc2)S(=O)(=O)/C=C/c2cccc(Cl)c2)c1.Cc1cccc(N(Cc2ccsc2)S(=O)(=O)/C=C/c2cccc(Br)c2)c1.Cc1cccc(N(Cc2ccsc2)S(=O)(=O)/C=C/c2cccc(Cl)c2)c1. The van der Waals surface area contributed by atoms with Gasteiger partial charge in [-0.2, -0.15) is 22.7 Å². The van der Waals surface area contributed by atoms with E-state index in [0.717, 1.165) is 75.7 Å². The zero-order valence-electron chi connectivity index (χ0n) is 58.2. The molecule has 0 fully saturated rings. The molecule has 107 heavy (non-hydrogen) atoms. The van der Waals surface area contributed by atoms with E-state index in [1.807, 2.05) is 274 Å². The summed E-state index contributed by atoms with van der Waals surface area (Å²) in [4.78, 5) is 0. The molecule has 0 saturated carbocycles. The quantitative estimate of drug-likeness (QED) is 0.0580. The van der Waals surface area contributed by atoms with Crippen LogP contribution in [0, 0.1) is 27.7 Å². The Hall–Kier alpha value is -8.90. The van der Waals surface area contributed by atoms with Crippen LogP contribution in [0.4, 0.5) is 22.7 Å². The van der Waals surface area contributed by atoms with Gasteiger partial charge in [0.25, 0.3) is 40.1 Å². The molecule has 552 valence electrons. The van der Waals surface area contributed by atoms with Gasteiger partial charge in [-0.15, -0.1) is 0 Å². The van der Waals surface area contributed by atoms with E-state index in [9.17, 15) is 33.7 Å². The van der Waals surface area contributed by atoms with Crippen LogP contribution in [0.3, 0.4) is 0 Å². The molecule has 0 spiro atoms. The number of anilines is 4. The summed E-state index contributed by atoms with van der Waals surface area (Å²) in [6.07, 6.45) is 6.37. The Morgan fingerprint density at radius 2 is 0.570 bits per heavy atom. The minimum Gasteiger partial charge on any atom is -0.262 e. The Morgan fingerprint density at radius 3 is 0.822 bits per heavy atom. The largest absolute Gasteiger partial charge is 0.262 e. The van der Waals surface area contributed by atoms with Gasteiger partial charge in [0.1, 0.15) is 0 Å². The van der Waals surface area contributed by atoms with Crippen molar-refractivity contribution in [3.8, 4) is 0 Å². The molecular weight excluding hydrogens is 1630 g/mol. The Balaban J connectivity index is 0.000000179. The molecule has 0 aliphatic heterocycles. The highest BCUT2D eigenvalue weighted by Crippen LogP contribution is 2.30. The van der Waals surface area contributed by atoms with Crippen molar-refractivity contribution in [3.63, 3.8) is 0 Å². The van der Waals surface area contributed by atoms with Gasteiger partial charge in [-0.05, 0) is 249 Å². The third-order valence-electron chi connectivity index (χ3n) is 15.7. The van der Waals surface area contributed by atoms with Gasteiger partial charge < -0.3 is 0 Å². The fraction of sp³-hybridized carbons (Fsp3) is 0.106. The maximum absolute atomic E-state index is 13.1. The number of hydrogen-bond acceptors (Lipinski definition) is 10. The average Bonchev–Trinajstić information content (AvgIpc) is 1.40. The number of hydrogen-bond donors (Lipinski definition) is 0.